The molecule has 0 aliphatic carbocycles. The van der Waals surface area contributed by atoms with Crippen molar-refractivity contribution < 1.29 is 28.0 Å². The lowest BCUT2D eigenvalue weighted by atomic mass is 9.98. The van der Waals surface area contributed by atoms with E-state index >= 15 is 0 Å². The number of unbranched alkanes of at least 4 members (excludes halogenated alkanes) is 10. The van der Waals surface area contributed by atoms with Crippen molar-refractivity contribution in [2.24, 2.45) is 0 Å². The highest BCUT2D eigenvalue weighted by molar-refractivity contribution is 5.71. The number of carbonyl (C=O) groups excluding carboxylic acids is 2. The van der Waals surface area contributed by atoms with Gasteiger partial charge in [0.25, 0.3) is 0 Å². The molecule has 0 amide bonds. The summed E-state index contributed by atoms with van der Waals surface area (Å²) in [6, 6.07) is 18.1. The Labute approximate surface area is 354 Å². The van der Waals surface area contributed by atoms with Crippen LogP contribution in [0.1, 0.15) is 154 Å². The predicted octanol–water partition coefficient (Wildman–Crippen LogP) is 12.1. The standard InChI is InChI=1S/C52H82N2O4/c1-5-7-9-11-13-21-39-57-51(55)43-53(33-17-15-18-34-53)37-31-45(3)41-47-23-27-49(28-24-47)50-29-25-48(26-30-50)42-46(4)32-38-54(35-19-16-20-36-54)44-52(56)58-40-22-14-12-10-8-6-2/h23-32H,5-22,33-44H2,1-4H3/q+2/b45-31-,46-32-. The molecule has 6 nitrogen and oxygen atoms in total. The van der Waals surface area contributed by atoms with E-state index in [1.54, 1.807) is 0 Å². The maximum Gasteiger partial charge on any atom is 0.361 e. The average molecular weight is 799 g/mol. The van der Waals surface area contributed by atoms with E-state index in [4.69, 9.17) is 9.47 Å². The quantitative estimate of drug-likeness (QED) is 0.0391. The van der Waals surface area contributed by atoms with Gasteiger partial charge in [0.05, 0.1) is 52.5 Å². The number of carbonyl (C=O) groups is 2. The normalized spacial score (nSPS) is 16.9. The first-order chi connectivity index (χ1) is 28.2. The van der Waals surface area contributed by atoms with Crippen LogP contribution in [0.15, 0.2) is 71.8 Å². The number of piperidine rings is 2. The molecule has 58 heavy (non-hydrogen) atoms. The van der Waals surface area contributed by atoms with Crippen molar-refractivity contribution in [2.45, 2.75) is 156 Å². The van der Waals surface area contributed by atoms with Gasteiger partial charge >= 0.3 is 11.9 Å². The van der Waals surface area contributed by atoms with Gasteiger partial charge in [-0.2, -0.15) is 0 Å². The number of nitrogens with zero attached hydrogens (tertiary/aromatic N) is 2. The van der Waals surface area contributed by atoms with Crippen LogP contribution in [-0.4, -0.2) is 86.5 Å². The Kier molecular flexibility index (Phi) is 21.9. The van der Waals surface area contributed by atoms with Crippen molar-refractivity contribution in [3.8, 4) is 11.1 Å². The minimum Gasteiger partial charge on any atom is -0.462 e. The van der Waals surface area contributed by atoms with Gasteiger partial charge in [0.2, 0.25) is 0 Å². The number of allylic oxidation sites excluding steroid dienone is 2. The zero-order valence-electron chi connectivity index (χ0n) is 37.5. The van der Waals surface area contributed by atoms with Gasteiger partial charge in [-0.15, -0.1) is 0 Å². The lowest BCUT2D eigenvalue weighted by Crippen LogP contribution is -2.54. The molecule has 322 valence electrons. The molecule has 0 unspecified atom stereocenters. The van der Waals surface area contributed by atoms with Gasteiger partial charge in [0.1, 0.15) is 0 Å². The van der Waals surface area contributed by atoms with Crippen LogP contribution in [0, 0.1) is 0 Å². The molecule has 0 saturated carbocycles. The number of benzene rings is 2. The molecule has 6 heteroatoms. The molecule has 2 saturated heterocycles. The van der Waals surface area contributed by atoms with E-state index in [1.165, 1.54) is 123 Å². The van der Waals surface area contributed by atoms with E-state index < -0.39 is 0 Å². The minimum atomic E-state index is -0.0203. The summed E-state index contributed by atoms with van der Waals surface area (Å²) in [5, 5.41) is 0. The van der Waals surface area contributed by atoms with Crippen molar-refractivity contribution >= 4 is 11.9 Å². The van der Waals surface area contributed by atoms with Crippen molar-refractivity contribution in [1.29, 1.82) is 0 Å². The first-order valence-corrected chi connectivity index (χ1v) is 23.7. The second kappa shape index (κ2) is 26.8. The van der Waals surface area contributed by atoms with E-state index in [1.807, 2.05) is 0 Å². The summed E-state index contributed by atoms with van der Waals surface area (Å²) in [5.74, 6) is -0.0406. The number of ether oxygens (including phenoxy) is 2. The molecular formula is C52H82N2O4+2. The van der Waals surface area contributed by atoms with Crippen molar-refractivity contribution in [1.82, 2.24) is 0 Å². The Balaban J connectivity index is 1.23. The second-order valence-electron chi connectivity index (χ2n) is 18.2. The summed E-state index contributed by atoms with van der Waals surface area (Å²) in [5.41, 5.74) is 7.83. The predicted molar refractivity (Wildman–Crippen MR) is 243 cm³/mol. The zero-order chi connectivity index (χ0) is 41.3. The summed E-state index contributed by atoms with van der Waals surface area (Å²) in [7, 11) is 0. The van der Waals surface area contributed by atoms with Crippen LogP contribution in [-0.2, 0) is 31.9 Å². The molecule has 2 aromatic carbocycles. The summed E-state index contributed by atoms with van der Waals surface area (Å²) in [6.45, 7) is 17.2. The van der Waals surface area contributed by atoms with Crippen molar-refractivity contribution in [2.75, 3.05) is 65.6 Å². The van der Waals surface area contributed by atoms with Crippen LogP contribution in [0.3, 0.4) is 0 Å². The minimum absolute atomic E-state index is 0.0203. The summed E-state index contributed by atoms with van der Waals surface area (Å²) < 4.78 is 13.1. The van der Waals surface area contributed by atoms with Gasteiger partial charge in [-0.3, -0.25) is 0 Å². The van der Waals surface area contributed by atoms with Crippen molar-refractivity contribution in [3.05, 3.63) is 83.0 Å². The topological polar surface area (TPSA) is 52.6 Å². The van der Waals surface area contributed by atoms with Crippen LogP contribution in [0.5, 0.6) is 0 Å². The zero-order valence-corrected chi connectivity index (χ0v) is 37.5. The largest absolute Gasteiger partial charge is 0.462 e. The Hall–Kier alpha value is -3.22. The highest BCUT2D eigenvalue weighted by atomic mass is 16.5. The van der Waals surface area contributed by atoms with E-state index in [2.05, 4.69) is 88.4 Å². The van der Waals surface area contributed by atoms with E-state index in [-0.39, 0.29) is 11.9 Å². The van der Waals surface area contributed by atoms with Gasteiger partial charge in [-0.05, 0) is 112 Å². The molecule has 2 fully saturated rings. The third kappa shape index (κ3) is 18.0. The van der Waals surface area contributed by atoms with Gasteiger partial charge < -0.3 is 18.4 Å². The third-order valence-corrected chi connectivity index (χ3v) is 12.8. The molecule has 0 N–H and O–H groups in total. The van der Waals surface area contributed by atoms with Crippen LogP contribution < -0.4 is 0 Å². The lowest BCUT2D eigenvalue weighted by Gasteiger charge is -2.40. The number of likely N-dealkylation sites (tertiary alicyclic amines) is 2. The fraction of sp³-hybridized carbons (Fsp3) is 0.654. The summed E-state index contributed by atoms with van der Waals surface area (Å²) >= 11 is 0. The molecule has 2 aliphatic rings. The third-order valence-electron chi connectivity index (χ3n) is 12.8. The molecule has 0 spiro atoms. The molecule has 2 aliphatic heterocycles. The van der Waals surface area contributed by atoms with Crippen LogP contribution in [0.25, 0.3) is 11.1 Å². The van der Waals surface area contributed by atoms with Crippen LogP contribution in [0.4, 0.5) is 0 Å². The van der Waals surface area contributed by atoms with Gasteiger partial charge in [0.15, 0.2) is 13.1 Å². The second-order valence-corrected chi connectivity index (χ2v) is 18.2. The highest BCUT2D eigenvalue weighted by Crippen LogP contribution is 2.25. The molecular weight excluding hydrogens is 717 g/mol. The number of quaternary nitrogens is 2. The van der Waals surface area contributed by atoms with E-state index in [0.29, 0.717) is 26.3 Å². The Morgan fingerprint density at radius 2 is 0.845 bits per heavy atom. The smallest absolute Gasteiger partial charge is 0.361 e. The summed E-state index contributed by atoms with van der Waals surface area (Å²) in [6.07, 6.45) is 28.4. The SMILES string of the molecule is CCCCCCCCOC(=O)C[N+]1(C/C=C(/C)Cc2ccc(-c3ccc(C/C(C)=C\C[N+]4(CC(=O)OCCCCCCCC)CCCCC4)cc3)cc2)CCCCC1. The Morgan fingerprint density at radius 1 is 0.500 bits per heavy atom. The molecule has 0 aromatic heterocycles. The summed E-state index contributed by atoms with van der Waals surface area (Å²) in [4.78, 5) is 25.8. The molecule has 2 aromatic rings. The molecule has 4 rings (SSSR count). The first kappa shape index (κ1) is 47.5. The van der Waals surface area contributed by atoms with E-state index in [0.717, 1.165) is 86.8 Å². The van der Waals surface area contributed by atoms with E-state index in [9.17, 15) is 9.59 Å². The molecule has 2 heterocycles. The number of rotatable bonds is 27. The number of esters is 2. The first-order valence-electron chi connectivity index (χ1n) is 23.7. The maximum absolute atomic E-state index is 12.9. The highest BCUT2D eigenvalue weighted by Gasteiger charge is 2.33. The lowest BCUT2D eigenvalue weighted by molar-refractivity contribution is -0.920. The van der Waals surface area contributed by atoms with Crippen LogP contribution >= 0.6 is 0 Å². The van der Waals surface area contributed by atoms with Gasteiger partial charge in [-0.1, -0.05) is 138 Å². The van der Waals surface area contributed by atoms with Gasteiger partial charge in [0, 0.05) is 0 Å². The fourth-order valence-electron chi connectivity index (χ4n) is 9.07. The average Bonchev–Trinajstić information content (AvgIpc) is 3.23. The Morgan fingerprint density at radius 3 is 1.21 bits per heavy atom. The molecule has 0 bridgehead atoms. The number of hydrogen-bond acceptors (Lipinski definition) is 4. The Bertz CT molecular complexity index is 1400. The van der Waals surface area contributed by atoms with Gasteiger partial charge in [-0.25, -0.2) is 9.59 Å². The fourth-order valence-corrected chi connectivity index (χ4v) is 9.07. The maximum atomic E-state index is 12.9. The molecule has 0 radical (unpaired) electrons. The molecule has 0 atom stereocenters. The van der Waals surface area contributed by atoms with Crippen molar-refractivity contribution in [3.63, 3.8) is 0 Å². The van der Waals surface area contributed by atoms with Crippen LogP contribution in [0.2, 0.25) is 0 Å². The number of hydrogen-bond donors (Lipinski definition) is 0. The monoisotopic (exact) mass is 799 g/mol.